The van der Waals surface area contributed by atoms with Gasteiger partial charge in [-0.25, -0.2) is 4.98 Å². The molecule has 102 valence electrons. The van der Waals surface area contributed by atoms with E-state index in [0.717, 1.165) is 11.6 Å². The zero-order chi connectivity index (χ0) is 14.0. The molecule has 19 heavy (non-hydrogen) atoms. The predicted molar refractivity (Wildman–Crippen MR) is 73.3 cm³/mol. The Morgan fingerprint density at radius 3 is 2.74 bits per heavy atom. The van der Waals surface area contributed by atoms with Gasteiger partial charge in [-0.05, 0) is 51.3 Å². The lowest BCUT2D eigenvalue weighted by atomic mass is 10.1. The third-order valence-electron chi connectivity index (χ3n) is 2.56. The van der Waals surface area contributed by atoms with Gasteiger partial charge in [0, 0.05) is 10.7 Å². The Balaban J connectivity index is 2.30. The fourth-order valence-corrected chi connectivity index (χ4v) is 2.67. The van der Waals surface area contributed by atoms with Gasteiger partial charge in [-0.1, -0.05) is 0 Å². The minimum Gasteiger partial charge on any atom is -0.363 e. The number of alkyl halides is 3. The number of hydrogen-bond acceptors (Lipinski definition) is 3. The molecule has 2 aromatic rings. The van der Waals surface area contributed by atoms with E-state index in [4.69, 9.17) is 0 Å². The maximum Gasteiger partial charge on any atom is 0.419 e. The SMILES string of the molecule is CC(Nc1ncc(Br)cc1C(F)(F)F)c1ccsc1. The third kappa shape index (κ3) is 3.48. The van der Waals surface area contributed by atoms with E-state index in [0.29, 0.717) is 4.47 Å². The van der Waals surface area contributed by atoms with Crippen LogP contribution in [0.25, 0.3) is 0 Å². The summed E-state index contributed by atoms with van der Waals surface area (Å²) in [5.41, 5.74) is 0.159. The molecule has 0 bridgehead atoms. The van der Waals surface area contributed by atoms with Gasteiger partial charge in [0.15, 0.2) is 0 Å². The highest BCUT2D eigenvalue weighted by Crippen LogP contribution is 2.36. The monoisotopic (exact) mass is 350 g/mol. The van der Waals surface area contributed by atoms with Crippen LogP contribution in [0.3, 0.4) is 0 Å². The Labute approximate surface area is 120 Å². The number of thiophene rings is 1. The lowest BCUT2D eigenvalue weighted by Crippen LogP contribution is -2.14. The van der Waals surface area contributed by atoms with Crippen LogP contribution in [0.5, 0.6) is 0 Å². The van der Waals surface area contributed by atoms with Crippen LogP contribution in [0, 0.1) is 0 Å². The van der Waals surface area contributed by atoms with E-state index in [-0.39, 0.29) is 11.9 Å². The predicted octanol–water partition coefficient (Wildman–Crippen LogP) is 5.10. The lowest BCUT2D eigenvalue weighted by molar-refractivity contribution is -0.137. The second-order valence-electron chi connectivity index (χ2n) is 3.97. The summed E-state index contributed by atoms with van der Waals surface area (Å²) in [7, 11) is 0. The number of halogens is 4. The van der Waals surface area contributed by atoms with Crippen LogP contribution < -0.4 is 5.32 Å². The molecular formula is C12H10BrF3N2S. The normalized spacial score (nSPS) is 13.3. The van der Waals surface area contributed by atoms with Crippen LogP contribution in [0.15, 0.2) is 33.6 Å². The van der Waals surface area contributed by atoms with Crippen molar-refractivity contribution in [1.29, 1.82) is 0 Å². The summed E-state index contributed by atoms with van der Waals surface area (Å²) in [4.78, 5) is 3.82. The maximum atomic E-state index is 12.9. The summed E-state index contributed by atoms with van der Waals surface area (Å²) >= 11 is 4.51. The summed E-state index contributed by atoms with van der Waals surface area (Å²) in [5.74, 6) is -0.158. The fourth-order valence-electron chi connectivity index (χ4n) is 1.58. The van der Waals surface area contributed by atoms with Crippen molar-refractivity contribution in [3.8, 4) is 0 Å². The Morgan fingerprint density at radius 2 is 2.16 bits per heavy atom. The molecular weight excluding hydrogens is 341 g/mol. The standard InChI is InChI=1S/C12H10BrF3N2S/c1-7(8-2-3-19-6-8)18-11-10(12(14,15)16)4-9(13)5-17-11/h2-7H,1H3,(H,17,18). The first kappa shape index (κ1) is 14.3. The van der Waals surface area contributed by atoms with Crippen LogP contribution in [0.4, 0.5) is 19.0 Å². The van der Waals surface area contributed by atoms with Gasteiger partial charge < -0.3 is 5.32 Å². The highest BCUT2D eigenvalue weighted by Gasteiger charge is 2.35. The maximum absolute atomic E-state index is 12.9. The molecule has 0 spiro atoms. The third-order valence-corrected chi connectivity index (χ3v) is 3.69. The van der Waals surface area contributed by atoms with E-state index in [1.165, 1.54) is 17.5 Å². The first-order valence-corrected chi connectivity index (χ1v) is 7.13. The molecule has 0 amide bonds. The molecule has 0 aliphatic carbocycles. The van der Waals surface area contributed by atoms with E-state index in [9.17, 15) is 13.2 Å². The average molecular weight is 351 g/mol. The zero-order valence-electron chi connectivity index (χ0n) is 9.83. The summed E-state index contributed by atoms with van der Waals surface area (Å²) in [6, 6.07) is 2.66. The van der Waals surface area contributed by atoms with Crippen molar-refractivity contribution in [2.24, 2.45) is 0 Å². The molecule has 1 N–H and O–H groups in total. The summed E-state index contributed by atoms with van der Waals surface area (Å²) < 4.78 is 39.1. The van der Waals surface area contributed by atoms with E-state index in [1.807, 2.05) is 16.8 Å². The molecule has 0 aliphatic rings. The van der Waals surface area contributed by atoms with Gasteiger partial charge in [-0.2, -0.15) is 24.5 Å². The second-order valence-corrected chi connectivity index (χ2v) is 5.67. The number of anilines is 1. The molecule has 0 aliphatic heterocycles. The lowest BCUT2D eigenvalue weighted by Gasteiger charge is -2.18. The van der Waals surface area contributed by atoms with Crippen LogP contribution in [-0.2, 0) is 6.18 Å². The Hall–Kier alpha value is -1.08. The molecule has 0 fully saturated rings. The largest absolute Gasteiger partial charge is 0.419 e. The minimum absolute atomic E-state index is 0.158. The number of aromatic nitrogens is 1. The molecule has 2 aromatic heterocycles. The molecule has 2 nitrogen and oxygen atoms in total. The minimum atomic E-state index is -4.44. The van der Waals surface area contributed by atoms with Gasteiger partial charge in [0.2, 0.25) is 0 Å². The number of rotatable bonds is 3. The van der Waals surface area contributed by atoms with Gasteiger partial charge in [-0.15, -0.1) is 0 Å². The van der Waals surface area contributed by atoms with Crippen molar-refractivity contribution < 1.29 is 13.2 Å². The molecule has 2 rings (SSSR count). The quantitative estimate of drug-likeness (QED) is 0.833. The van der Waals surface area contributed by atoms with E-state index in [2.05, 4.69) is 26.2 Å². The van der Waals surface area contributed by atoms with Crippen molar-refractivity contribution in [3.63, 3.8) is 0 Å². The summed E-state index contributed by atoms with van der Waals surface area (Å²) in [6.45, 7) is 1.80. The van der Waals surface area contributed by atoms with Crippen molar-refractivity contribution in [1.82, 2.24) is 4.98 Å². The number of nitrogens with zero attached hydrogens (tertiary/aromatic N) is 1. The first-order valence-electron chi connectivity index (χ1n) is 5.39. The molecule has 0 saturated carbocycles. The van der Waals surface area contributed by atoms with Gasteiger partial charge in [0.05, 0.1) is 11.6 Å². The highest BCUT2D eigenvalue weighted by atomic mass is 79.9. The zero-order valence-corrected chi connectivity index (χ0v) is 12.2. The molecule has 0 aromatic carbocycles. The molecule has 0 radical (unpaired) electrons. The van der Waals surface area contributed by atoms with E-state index >= 15 is 0 Å². The van der Waals surface area contributed by atoms with Gasteiger partial charge in [-0.3, -0.25) is 0 Å². The molecule has 7 heteroatoms. The number of hydrogen-bond donors (Lipinski definition) is 1. The van der Waals surface area contributed by atoms with Crippen LogP contribution in [-0.4, -0.2) is 4.98 Å². The highest BCUT2D eigenvalue weighted by molar-refractivity contribution is 9.10. The Bertz CT molecular complexity index is 555. The van der Waals surface area contributed by atoms with E-state index in [1.54, 1.807) is 6.92 Å². The van der Waals surface area contributed by atoms with Crippen molar-refractivity contribution >= 4 is 33.1 Å². The Morgan fingerprint density at radius 1 is 1.42 bits per heavy atom. The average Bonchev–Trinajstić information content (AvgIpc) is 2.83. The number of pyridine rings is 1. The van der Waals surface area contributed by atoms with E-state index < -0.39 is 11.7 Å². The number of nitrogens with one attached hydrogen (secondary N) is 1. The van der Waals surface area contributed by atoms with Crippen LogP contribution in [0.2, 0.25) is 0 Å². The second kappa shape index (κ2) is 5.50. The molecule has 0 saturated heterocycles. The van der Waals surface area contributed by atoms with Crippen LogP contribution in [0.1, 0.15) is 24.1 Å². The molecule has 1 unspecified atom stereocenters. The summed E-state index contributed by atoms with van der Waals surface area (Å²) in [5, 5.41) is 6.58. The van der Waals surface area contributed by atoms with Crippen molar-refractivity contribution in [3.05, 3.63) is 44.7 Å². The van der Waals surface area contributed by atoms with Crippen LogP contribution >= 0.6 is 27.3 Å². The fraction of sp³-hybridized carbons (Fsp3) is 0.250. The smallest absolute Gasteiger partial charge is 0.363 e. The van der Waals surface area contributed by atoms with Gasteiger partial charge in [0.1, 0.15) is 5.82 Å². The van der Waals surface area contributed by atoms with Crippen molar-refractivity contribution in [2.75, 3.05) is 5.32 Å². The van der Waals surface area contributed by atoms with Gasteiger partial charge >= 0.3 is 6.18 Å². The summed E-state index contributed by atoms with van der Waals surface area (Å²) in [6.07, 6.45) is -3.09. The molecule has 2 heterocycles. The Kier molecular flexibility index (Phi) is 4.15. The van der Waals surface area contributed by atoms with Crippen molar-refractivity contribution in [2.45, 2.75) is 19.1 Å². The first-order chi connectivity index (χ1) is 8.88. The molecule has 1 atom stereocenters. The topological polar surface area (TPSA) is 24.9 Å². The van der Waals surface area contributed by atoms with Gasteiger partial charge in [0.25, 0.3) is 0 Å².